The van der Waals surface area contributed by atoms with Gasteiger partial charge in [-0.1, -0.05) is 42.4 Å². The predicted octanol–water partition coefficient (Wildman–Crippen LogP) is 5.43. The molecular weight excluding hydrogens is 414 g/mol. The summed E-state index contributed by atoms with van der Waals surface area (Å²) in [5, 5.41) is 10.4. The Bertz CT molecular complexity index is 1270. The highest BCUT2D eigenvalue weighted by atomic mass is 32.2. The summed E-state index contributed by atoms with van der Waals surface area (Å²) < 4.78 is 2.16. The van der Waals surface area contributed by atoms with Crippen LogP contribution in [-0.2, 0) is 6.54 Å². The van der Waals surface area contributed by atoms with E-state index in [4.69, 9.17) is 4.98 Å². The van der Waals surface area contributed by atoms with E-state index in [2.05, 4.69) is 51.8 Å². The molecule has 8 heteroatoms. The summed E-state index contributed by atoms with van der Waals surface area (Å²) in [5.74, 6) is 1.54. The largest absolute Gasteiger partial charge is 0.309 e. The second-order valence-corrected chi connectivity index (χ2v) is 10.0. The Hall–Kier alpha value is -2.45. The van der Waals surface area contributed by atoms with Gasteiger partial charge in [0.15, 0.2) is 11.0 Å². The van der Waals surface area contributed by atoms with Crippen LogP contribution in [-0.4, -0.2) is 24.7 Å². The van der Waals surface area contributed by atoms with Gasteiger partial charge in [0, 0.05) is 17.0 Å². The highest BCUT2D eigenvalue weighted by Crippen LogP contribution is 2.35. The second kappa shape index (κ2) is 8.35. The molecule has 6 nitrogen and oxygen atoms in total. The van der Waals surface area contributed by atoms with Crippen molar-refractivity contribution in [3.63, 3.8) is 0 Å². The maximum Gasteiger partial charge on any atom is 0.259 e. The fourth-order valence-corrected chi connectivity index (χ4v) is 5.45. The zero-order valence-electron chi connectivity index (χ0n) is 17.8. The monoisotopic (exact) mass is 439 g/mol. The van der Waals surface area contributed by atoms with E-state index in [1.165, 1.54) is 5.56 Å². The molecule has 0 spiro atoms. The first-order valence-electron chi connectivity index (χ1n) is 10.1. The van der Waals surface area contributed by atoms with Crippen LogP contribution in [0.4, 0.5) is 0 Å². The molecule has 0 aliphatic rings. The molecule has 156 valence electrons. The standard InChI is InChI=1S/C22H25N5OS2/c1-6-10-27-19(16-9-7-8-12(2)11-16)25-26-22(27)30-15(5)18-23-20(28)17-13(3)14(4)29-21(17)24-18/h7-9,11,15H,6,10H2,1-5H3,(H,23,24,28). The number of hydrogen-bond donors (Lipinski definition) is 1. The molecule has 4 rings (SSSR count). The Morgan fingerprint density at radius 3 is 2.77 bits per heavy atom. The van der Waals surface area contributed by atoms with E-state index in [0.717, 1.165) is 44.8 Å². The summed E-state index contributed by atoms with van der Waals surface area (Å²) >= 11 is 3.14. The van der Waals surface area contributed by atoms with E-state index >= 15 is 0 Å². The third-order valence-corrected chi connectivity index (χ3v) is 7.36. The lowest BCUT2D eigenvalue weighted by molar-refractivity contribution is 0.625. The van der Waals surface area contributed by atoms with E-state index < -0.39 is 0 Å². The maximum atomic E-state index is 12.6. The average Bonchev–Trinajstić information content (AvgIpc) is 3.23. The minimum absolute atomic E-state index is 0.0602. The first kappa shape index (κ1) is 20.8. The van der Waals surface area contributed by atoms with Crippen LogP contribution in [0.3, 0.4) is 0 Å². The number of aromatic amines is 1. The number of aromatic nitrogens is 5. The van der Waals surface area contributed by atoms with Gasteiger partial charge in [-0.25, -0.2) is 4.98 Å². The van der Waals surface area contributed by atoms with Crippen molar-refractivity contribution in [3.05, 3.63) is 56.4 Å². The van der Waals surface area contributed by atoms with Gasteiger partial charge in [0.05, 0.1) is 10.6 Å². The lowest BCUT2D eigenvalue weighted by Crippen LogP contribution is -2.13. The highest BCUT2D eigenvalue weighted by Gasteiger charge is 2.20. The zero-order chi connectivity index (χ0) is 21.4. The highest BCUT2D eigenvalue weighted by molar-refractivity contribution is 7.99. The Labute approximate surface area is 183 Å². The van der Waals surface area contributed by atoms with E-state index in [9.17, 15) is 4.79 Å². The second-order valence-electron chi connectivity index (χ2n) is 7.50. The number of thiophene rings is 1. The van der Waals surface area contributed by atoms with Gasteiger partial charge < -0.3 is 9.55 Å². The molecule has 4 aromatic rings. The van der Waals surface area contributed by atoms with E-state index in [1.807, 2.05) is 26.8 Å². The molecule has 0 fully saturated rings. The van der Waals surface area contributed by atoms with Gasteiger partial charge in [-0.3, -0.25) is 4.79 Å². The number of aryl methyl sites for hydroxylation is 3. The van der Waals surface area contributed by atoms with Crippen LogP contribution in [0.2, 0.25) is 0 Å². The summed E-state index contributed by atoms with van der Waals surface area (Å²) in [5.41, 5.74) is 3.20. The summed E-state index contributed by atoms with van der Waals surface area (Å²) in [4.78, 5) is 22.3. The van der Waals surface area contributed by atoms with Crippen molar-refractivity contribution in [2.45, 2.75) is 58.0 Å². The first-order chi connectivity index (χ1) is 14.4. The summed E-state index contributed by atoms with van der Waals surface area (Å²) in [7, 11) is 0. The molecule has 1 aromatic carbocycles. The van der Waals surface area contributed by atoms with Crippen LogP contribution in [0.25, 0.3) is 21.6 Å². The minimum Gasteiger partial charge on any atom is -0.309 e. The van der Waals surface area contributed by atoms with Crippen LogP contribution in [0.5, 0.6) is 0 Å². The predicted molar refractivity (Wildman–Crippen MR) is 124 cm³/mol. The van der Waals surface area contributed by atoms with Gasteiger partial charge in [-0.2, -0.15) is 0 Å². The van der Waals surface area contributed by atoms with Gasteiger partial charge in [-0.15, -0.1) is 21.5 Å². The number of benzene rings is 1. The summed E-state index contributed by atoms with van der Waals surface area (Å²) in [6, 6.07) is 8.31. The summed E-state index contributed by atoms with van der Waals surface area (Å²) in [6.07, 6.45) is 0.980. The number of fused-ring (bicyclic) bond motifs is 1. The third kappa shape index (κ3) is 3.81. The number of rotatable bonds is 6. The van der Waals surface area contributed by atoms with Gasteiger partial charge in [0.25, 0.3) is 5.56 Å². The third-order valence-electron chi connectivity index (χ3n) is 5.16. The fourth-order valence-electron chi connectivity index (χ4n) is 3.48. The van der Waals surface area contributed by atoms with E-state index in [0.29, 0.717) is 11.2 Å². The van der Waals surface area contributed by atoms with Crippen LogP contribution in [0.1, 0.15) is 47.3 Å². The topological polar surface area (TPSA) is 76.5 Å². The Kier molecular flexibility index (Phi) is 5.79. The number of hydrogen-bond acceptors (Lipinski definition) is 6. The molecule has 0 bridgehead atoms. The number of nitrogens with zero attached hydrogens (tertiary/aromatic N) is 4. The van der Waals surface area contributed by atoms with Crippen LogP contribution >= 0.6 is 23.1 Å². The maximum absolute atomic E-state index is 12.6. The SMILES string of the molecule is CCCn1c(SC(C)c2nc3sc(C)c(C)c3c(=O)[nH]2)nnc1-c1cccc(C)c1. The van der Waals surface area contributed by atoms with Crippen molar-refractivity contribution >= 4 is 33.3 Å². The van der Waals surface area contributed by atoms with Gasteiger partial charge in [0.2, 0.25) is 0 Å². The molecular formula is C22H25N5OS2. The molecule has 0 radical (unpaired) electrons. The van der Waals surface area contributed by atoms with Crippen molar-refractivity contribution in [1.29, 1.82) is 0 Å². The molecule has 0 amide bonds. The molecule has 0 aliphatic heterocycles. The van der Waals surface area contributed by atoms with Crippen LogP contribution < -0.4 is 5.56 Å². The van der Waals surface area contributed by atoms with Crippen molar-refractivity contribution < 1.29 is 0 Å². The van der Waals surface area contributed by atoms with E-state index in [-0.39, 0.29) is 10.8 Å². The molecule has 3 heterocycles. The van der Waals surface area contributed by atoms with E-state index in [1.54, 1.807) is 23.1 Å². The Balaban J connectivity index is 1.69. The molecule has 30 heavy (non-hydrogen) atoms. The fraction of sp³-hybridized carbons (Fsp3) is 0.364. The smallest absolute Gasteiger partial charge is 0.259 e. The normalized spacial score (nSPS) is 12.6. The van der Waals surface area contributed by atoms with Gasteiger partial charge in [0.1, 0.15) is 10.7 Å². The Morgan fingerprint density at radius 2 is 2.03 bits per heavy atom. The minimum atomic E-state index is -0.0697. The Morgan fingerprint density at radius 1 is 1.23 bits per heavy atom. The molecule has 1 unspecified atom stereocenters. The van der Waals surface area contributed by atoms with Gasteiger partial charge in [-0.05, 0) is 45.7 Å². The number of H-pyrrole nitrogens is 1. The molecule has 0 saturated carbocycles. The zero-order valence-corrected chi connectivity index (χ0v) is 19.4. The molecule has 1 N–H and O–H groups in total. The quantitative estimate of drug-likeness (QED) is 0.405. The molecule has 3 aromatic heterocycles. The molecule has 0 aliphatic carbocycles. The van der Waals surface area contributed by atoms with Crippen molar-refractivity contribution in [3.8, 4) is 11.4 Å². The first-order valence-corrected chi connectivity index (χ1v) is 11.8. The van der Waals surface area contributed by atoms with Gasteiger partial charge >= 0.3 is 0 Å². The lowest BCUT2D eigenvalue weighted by atomic mass is 10.1. The summed E-state index contributed by atoms with van der Waals surface area (Å²) in [6.45, 7) is 11.1. The average molecular weight is 440 g/mol. The molecule has 0 saturated heterocycles. The molecule has 1 atom stereocenters. The number of nitrogens with one attached hydrogen (secondary N) is 1. The van der Waals surface area contributed by atoms with Crippen LogP contribution in [0, 0.1) is 20.8 Å². The van der Waals surface area contributed by atoms with Crippen molar-refractivity contribution in [1.82, 2.24) is 24.7 Å². The van der Waals surface area contributed by atoms with Crippen LogP contribution in [0.15, 0.2) is 34.2 Å². The number of thioether (sulfide) groups is 1. The lowest BCUT2D eigenvalue weighted by Gasteiger charge is -2.13. The van der Waals surface area contributed by atoms with Crippen molar-refractivity contribution in [2.75, 3.05) is 0 Å². The van der Waals surface area contributed by atoms with Crippen molar-refractivity contribution in [2.24, 2.45) is 0 Å².